The first-order valence-corrected chi connectivity index (χ1v) is 5.51. The van der Waals surface area contributed by atoms with E-state index in [0.29, 0.717) is 13.1 Å². The highest BCUT2D eigenvalue weighted by atomic mass is 35.5. The summed E-state index contributed by atoms with van der Waals surface area (Å²) in [5, 5.41) is 11.7. The van der Waals surface area contributed by atoms with Crippen molar-refractivity contribution in [1.82, 2.24) is 19.6 Å². The second kappa shape index (κ2) is 6.39. The Morgan fingerprint density at radius 2 is 2.17 bits per heavy atom. The van der Waals surface area contributed by atoms with E-state index >= 15 is 0 Å². The van der Waals surface area contributed by atoms with Gasteiger partial charge in [0.15, 0.2) is 0 Å². The van der Waals surface area contributed by atoms with Gasteiger partial charge in [-0.15, -0.1) is 12.4 Å². The maximum Gasteiger partial charge on any atom is 0.109 e. The lowest BCUT2D eigenvalue weighted by Crippen LogP contribution is -2.01. The van der Waals surface area contributed by atoms with Crippen LogP contribution in [0.2, 0.25) is 0 Å². The number of alkyl halides is 1. The van der Waals surface area contributed by atoms with Crippen LogP contribution in [-0.4, -0.2) is 26.2 Å². The van der Waals surface area contributed by atoms with Gasteiger partial charge in [0.2, 0.25) is 0 Å². The van der Waals surface area contributed by atoms with Crippen LogP contribution in [0.1, 0.15) is 11.4 Å². The van der Waals surface area contributed by atoms with Crippen molar-refractivity contribution in [1.29, 1.82) is 0 Å². The van der Waals surface area contributed by atoms with Crippen molar-refractivity contribution in [2.24, 2.45) is 7.05 Å². The molecular weight excluding hydrogens is 257 g/mol. The fourth-order valence-electron chi connectivity index (χ4n) is 1.64. The first kappa shape index (κ1) is 14.5. The summed E-state index contributed by atoms with van der Waals surface area (Å²) in [6.07, 6.45) is 3.72. The SMILES string of the molecule is Cc1nn(CCF)cc1NCc1ccn(C)n1.Cl. The molecule has 0 aliphatic heterocycles. The van der Waals surface area contributed by atoms with Crippen LogP contribution in [0.3, 0.4) is 0 Å². The van der Waals surface area contributed by atoms with Crippen LogP contribution in [0, 0.1) is 6.92 Å². The summed E-state index contributed by atoms with van der Waals surface area (Å²) in [4.78, 5) is 0. The maximum absolute atomic E-state index is 12.2. The normalized spacial score (nSPS) is 10.2. The van der Waals surface area contributed by atoms with Crippen molar-refractivity contribution < 1.29 is 4.39 Å². The zero-order chi connectivity index (χ0) is 12.3. The molecule has 0 radical (unpaired) electrons. The van der Waals surface area contributed by atoms with Crippen LogP contribution >= 0.6 is 12.4 Å². The summed E-state index contributed by atoms with van der Waals surface area (Å²) in [6.45, 7) is 2.44. The van der Waals surface area contributed by atoms with Crippen LogP contribution in [-0.2, 0) is 20.1 Å². The lowest BCUT2D eigenvalue weighted by atomic mass is 10.3. The van der Waals surface area contributed by atoms with E-state index < -0.39 is 6.67 Å². The number of aromatic nitrogens is 4. The molecule has 0 atom stereocenters. The summed E-state index contributed by atoms with van der Waals surface area (Å²) in [5.41, 5.74) is 2.75. The third-order valence-corrected chi connectivity index (χ3v) is 2.49. The number of nitrogens with zero attached hydrogens (tertiary/aromatic N) is 4. The van der Waals surface area contributed by atoms with E-state index in [1.54, 1.807) is 9.36 Å². The fourth-order valence-corrected chi connectivity index (χ4v) is 1.64. The molecule has 1 N–H and O–H groups in total. The Kier molecular flexibility index (Phi) is 5.15. The highest BCUT2D eigenvalue weighted by Crippen LogP contribution is 2.13. The highest BCUT2D eigenvalue weighted by Gasteiger charge is 2.05. The number of aryl methyl sites for hydroxylation is 3. The molecule has 100 valence electrons. The summed E-state index contributed by atoms with van der Waals surface area (Å²) in [7, 11) is 1.88. The second-order valence-corrected chi connectivity index (χ2v) is 3.91. The van der Waals surface area contributed by atoms with Gasteiger partial charge in [-0.3, -0.25) is 9.36 Å². The average Bonchev–Trinajstić information content (AvgIpc) is 2.83. The average molecular weight is 274 g/mol. The molecule has 0 aliphatic carbocycles. The molecule has 2 rings (SSSR count). The highest BCUT2D eigenvalue weighted by molar-refractivity contribution is 5.85. The molecule has 0 amide bonds. The number of nitrogens with one attached hydrogen (secondary N) is 1. The van der Waals surface area contributed by atoms with Crippen molar-refractivity contribution in [2.75, 3.05) is 12.0 Å². The molecular formula is C11H17ClFN5. The zero-order valence-electron chi connectivity index (χ0n) is 10.4. The minimum absolute atomic E-state index is 0. The molecule has 0 unspecified atom stereocenters. The Labute approximate surface area is 111 Å². The zero-order valence-corrected chi connectivity index (χ0v) is 11.2. The lowest BCUT2D eigenvalue weighted by molar-refractivity contribution is 0.426. The monoisotopic (exact) mass is 273 g/mol. The molecule has 0 spiro atoms. The predicted molar refractivity (Wildman–Crippen MR) is 70.7 cm³/mol. The third kappa shape index (κ3) is 3.46. The molecule has 2 heterocycles. The molecule has 0 saturated carbocycles. The first-order chi connectivity index (χ1) is 8.19. The van der Waals surface area contributed by atoms with Crippen molar-refractivity contribution in [3.63, 3.8) is 0 Å². The van der Waals surface area contributed by atoms with Gasteiger partial charge >= 0.3 is 0 Å². The van der Waals surface area contributed by atoms with E-state index in [-0.39, 0.29) is 12.4 Å². The number of rotatable bonds is 5. The molecule has 18 heavy (non-hydrogen) atoms. The molecule has 5 nitrogen and oxygen atoms in total. The molecule has 0 bridgehead atoms. The van der Waals surface area contributed by atoms with Crippen molar-refractivity contribution in [3.8, 4) is 0 Å². The van der Waals surface area contributed by atoms with Crippen LogP contribution in [0.5, 0.6) is 0 Å². The molecule has 0 saturated heterocycles. The lowest BCUT2D eigenvalue weighted by Gasteiger charge is -2.01. The van der Waals surface area contributed by atoms with Crippen LogP contribution in [0.15, 0.2) is 18.5 Å². The van der Waals surface area contributed by atoms with E-state index in [4.69, 9.17) is 0 Å². The summed E-state index contributed by atoms with van der Waals surface area (Å²) in [5.74, 6) is 0. The largest absolute Gasteiger partial charge is 0.377 e. The van der Waals surface area contributed by atoms with Gasteiger partial charge in [-0.1, -0.05) is 0 Å². The van der Waals surface area contributed by atoms with E-state index in [9.17, 15) is 4.39 Å². The molecule has 0 fully saturated rings. The van der Waals surface area contributed by atoms with Crippen LogP contribution < -0.4 is 5.32 Å². The fraction of sp³-hybridized carbons (Fsp3) is 0.455. The molecule has 0 aliphatic rings. The second-order valence-electron chi connectivity index (χ2n) is 3.91. The number of hydrogen-bond donors (Lipinski definition) is 1. The van der Waals surface area contributed by atoms with E-state index in [1.807, 2.05) is 32.4 Å². The van der Waals surface area contributed by atoms with Gasteiger partial charge in [0.05, 0.1) is 30.2 Å². The van der Waals surface area contributed by atoms with Crippen LogP contribution in [0.25, 0.3) is 0 Å². The maximum atomic E-state index is 12.2. The number of hydrogen-bond acceptors (Lipinski definition) is 3. The summed E-state index contributed by atoms with van der Waals surface area (Å²) < 4.78 is 15.5. The van der Waals surface area contributed by atoms with E-state index in [2.05, 4.69) is 15.5 Å². The molecule has 2 aromatic heterocycles. The van der Waals surface area contributed by atoms with E-state index in [0.717, 1.165) is 17.1 Å². The van der Waals surface area contributed by atoms with Gasteiger partial charge in [0.25, 0.3) is 0 Å². The van der Waals surface area contributed by atoms with Gasteiger partial charge < -0.3 is 5.32 Å². The minimum atomic E-state index is -0.402. The Balaban J connectivity index is 0.00000162. The van der Waals surface area contributed by atoms with E-state index in [1.165, 1.54) is 0 Å². The molecule has 2 aromatic rings. The third-order valence-electron chi connectivity index (χ3n) is 2.49. The quantitative estimate of drug-likeness (QED) is 0.906. The van der Waals surface area contributed by atoms with Gasteiger partial charge in [-0.2, -0.15) is 10.2 Å². The summed E-state index contributed by atoms with van der Waals surface area (Å²) in [6, 6.07) is 1.95. The number of anilines is 1. The molecule has 7 heteroatoms. The van der Waals surface area contributed by atoms with Gasteiger partial charge in [-0.05, 0) is 13.0 Å². The smallest absolute Gasteiger partial charge is 0.109 e. The topological polar surface area (TPSA) is 47.7 Å². The van der Waals surface area contributed by atoms with Crippen LogP contribution in [0.4, 0.5) is 10.1 Å². The van der Waals surface area contributed by atoms with Gasteiger partial charge in [-0.25, -0.2) is 4.39 Å². The standard InChI is InChI=1S/C11H16FN5.ClH/c1-9-11(8-17(14-9)6-4-12)13-7-10-3-5-16(2)15-10;/h3,5,8,13H,4,6-7H2,1-2H3;1H. The predicted octanol–water partition coefficient (Wildman–Crippen LogP) is 1.93. The Hall–Kier alpha value is -1.56. The van der Waals surface area contributed by atoms with Crippen molar-refractivity contribution >= 4 is 18.1 Å². The minimum Gasteiger partial charge on any atom is -0.377 e. The molecule has 0 aromatic carbocycles. The first-order valence-electron chi connectivity index (χ1n) is 5.51. The van der Waals surface area contributed by atoms with Gasteiger partial charge in [0, 0.05) is 19.4 Å². The Bertz CT molecular complexity index is 493. The van der Waals surface area contributed by atoms with Gasteiger partial charge in [0.1, 0.15) is 6.67 Å². The Morgan fingerprint density at radius 1 is 1.39 bits per heavy atom. The van der Waals surface area contributed by atoms with Crippen molar-refractivity contribution in [3.05, 3.63) is 29.8 Å². The number of halogens is 2. The van der Waals surface area contributed by atoms with Crippen molar-refractivity contribution in [2.45, 2.75) is 20.0 Å². The summed E-state index contributed by atoms with van der Waals surface area (Å²) >= 11 is 0. The Morgan fingerprint density at radius 3 is 2.78 bits per heavy atom.